The lowest BCUT2D eigenvalue weighted by molar-refractivity contribution is 0.304. The number of benzene rings is 1. The van der Waals surface area contributed by atoms with E-state index in [2.05, 4.69) is 59.0 Å². The molecule has 0 radical (unpaired) electrons. The van der Waals surface area contributed by atoms with Crippen molar-refractivity contribution >= 4 is 11.6 Å². The molecule has 19 heavy (non-hydrogen) atoms. The fourth-order valence-corrected chi connectivity index (χ4v) is 2.37. The molecule has 108 valence electrons. The van der Waals surface area contributed by atoms with Crippen LogP contribution in [0.5, 0.6) is 0 Å². The maximum absolute atomic E-state index is 6.15. The Morgan fingerprint density at radius 3 is 2.37 bits per heavy atom. The number of aryl methyl sites for hydroxylation is 3. The van der Waals surface area contributed by atoms with Crippen LogP contribution in [0.4, 0.5) is 0 Å². The first-order valence-corrected chi connectivity index (χ1v) is 7.58. The lowest BCUT2D eigenvalue weighted by Crippen LogP contribution is -2.34. The van der Waals surface area contributed by atoms with Gasteiger partial charge in [-0.1, -0.05) is 45.4 Å². The van der Waals surface area contributed by atoms with Crippen molar-refractivity contribution in [3.63, 3.8) is 0 Å². The molecule has 1 N–H and O–H groups in total. The van der Waals surface area contributed by atoms with Crippen molar-refractivity contribution in [2.24, 2.45) is 5.41 Å². The molecule has 0 unspecified atom stereocenters. The minimum absolute atomic E-state index is 0.324. The predicted molar refractivity (Wildman–Crippen MR) is 86.2 cm³/mol. The second-order valence-electron chi connectivity index (χ2n) is 6.73. The quantitative estimate of drug-likeness (QED) is 0.781. The van der Waals surface area contributed by atoms with Gasteiger partial charge in [0.25, 0.3) is 0 Å². The van der Waals surface area contributed by atoms with Crippen LogP contribution in [0.25, 0.3) is 0 Å². The maximum atomic E-state index is 6.15. The van der Waals surface area contributed by atoms with Crippen LogP contribution in [-0.4, -0.2) is 12.6 Å². The standard InChI is InChI=1S/C17H28ClN/c1-12(2)19-11-17(5,6)8-7-15-9-14(4)16(18)10-13(15)3/h9-10,12,19H,7-8,11H2,1-6H3. The Kier molecular flexibility index (Phi) is 5.88. The van der Waals surface area contributed by atoms with Crippen LogP contribution in [0.2, 0.25) is 5.02 Å². The van der Waals surface area contributed by atoms with E-state index >= 15 is 0 Å². The Morgan fingerprint density at radius 2 is 1.79 bits per heavy atom. The van der Waals surface area contributed by atoms with Crippen molar-refractivity contribution in [3.05, 3.63) is 33.8 Å². The highest BCUT2D eigenvalue weighted by atomic mass is 35.5. The molecule has 1 nitrogen and oxygen atoms in total. The van der Waals surface area contributed by atoms with Crippen molar-refractivity contribution in [2.45, 2.75) is 60.4 Å². The molecule has 0 fully saturated rings. The van der Waals surface area contributed by atoms with Gasteiger partial charge in [0.1, 0.15) is 0 Å². The number of halogens is 1. The molecule has 0 bridgehead atoms. The lowest BCUT2D eigenvalue weighted by Gasteiger charge is -2.27. The summed E-state index contributed by atoms with van der Waals surface area (Å²) in [7, 11) is 0. The van der Waals surface area contributed by atoms with Crippen LogP contribution >= 0.6 is 11.6 Å². The number of hydrogen-bond acceptors (Lipinski definition) is 1. The summed E-state index contributed by atoms with van der Waals surface area (Å²) in [4.78, 5) is 0. The molecule has 0 spiro atoms. The molecule has 1 aromatic rings. The first kappa shape index (κ1) is 16.5. The summed E-state index contributed by atoms with van der Waals surface area (Å²) in [6.07, 6.45) is 2.31. The van der Waals surface area contributed by atoms with Gasteiger partial charge in [-0.15, -0.1) is 0 Å². The summed E-state index contributed by atoms with van der Waals surface area (Å²) in [5.74, 6) is 0. The molecule has 0 atom stereocenters. The summed E-state index contributed by atoms with van der Waals surface area (Å²) in [6.45, 7) is 14.4. The predicted octanol–water partition coefficient (Wildman–Crippen LogP) is 4.91. The SMILES string of the molecule is Cc1cc(CCC(C)(C)CNC(C)C)c(C)cc1Cl. The van der Waals surface area contributed by atoms with Gasteiger partial charge in [-0.25, -0.2) is 0 Å². The number of hydrogen-bond donors (Lipinski definition) is 1. The summed E-state index contributed by atoms with van der Waals surface area (Å²) in [5, 5.41) is 4.41. The average molecular weight is 282 g/mol. The molecule has 0 aliphatic heterocycles. The minimum atomic E-state index is 0.324. The Hall–Kier alpha value is -0.530. The topological polar surface area (TPSA) is 12.0 Å². The zero-order valence-electron chi connectivity index (χ0n) is 13.2. The van der Waals surface area contributed by atoms with Crippen LogP contribution in [-0.2, 0) is 6.42 Å². The molecular weight excluding hydrogens is 254 g/mol. The summed E-state index contributed by atoms with van der Waals surface area (Å²) < 4.78 is 0. The van der Waals surface area contributed by atoms with Gasteiger partial charge in [-0.3, -0.25) is 0 Å². The third-order valence-corrected chi connectivity index (χ3v) is 4.08. The fourth-order valence-electron chi connectivity index (χ4n) is 2.15. The van der Waals surface area contributed by atoms with E-state index in [-0.39, 0.29) is 0 Å². The molecule has 0 saturated heterocycles. The monoisotopic (exact) mass is 281 g/mol. The minimum Gasteiger partial charge on any atom is -0.314 e. The smallest absolute Gasteiger partial charge is 0.0438 e. The molecule has 0 aromatic heterocycles. The zero-order valence-corrected chi connectivity index (χ0v) is 14.0. The van der Waals surface area contributed by atoms with Crippen LogP contribution in [0.3, 0.4) is 0 Å². The Morgan fingerprint density at radius 1 is 1.16 bits per heavy atom. The van der Waals surface area contributed by atoms with Gasteiger partial charge in [-0.2, -0.15) is 0 Å². The van der Waals surface area contributed by atoms with E-state index in [1.54, 1.807) is 0 Å². The van der Waals surface area contributed by atoms with Crippen LogP contribution in [0.15, 0.2) is 12.1 Å². The van der Waals surface area contributed by atoms with Gasteiger partial charge in [-0.05, 0) is 54.9 Å². The van der Waals surface area contributed by atoms with E-state index in [1.165, 1.54) is 23.1 Å². The van der Waals surface area contributed by atoms with Crippen molar-refractivity contribution < 1.29 is 0 Å². The summed E-state index contributed by atoms with van der Waals surface area (Å²) in [6, 6.07) is 4.88. The van der Waals surface area contributed by atoms with Crippen molar-refractivity contribution in [2.75, 3.05) is 6.54 Å². The van der Waals surface area contributed by atoms with Crippen LogP contribution in [0.1, 0.15) is 50.8 Å². The van der Waals surface area contributed by atoms with Gasteiger partial charge in [0.2, 0.25) is 0 Å². The molecule has 1 rings (SSSR count). The van der Waals surface area contributed by atoms with Gasteiger partial charge in [0, 0.05) is 17.6 Å². The highest BCUT2D eigenvalue weighted by molar-refractivity contribution is 6.31. The third-order valence-electron chi connectivity index (χ3n) is 3.68. The van der Waals surface area contributed by atoms with Crippen LogP contribution < -0.4 is 5.32 Å². The molecule has 0 saturated carbocycles. The van der Waals surface area contributed by atoms with Gasteiger partial charge >= 0.3 is 0 Å². The highest BCUT2D eigenvalue weighted by Gasteiger charge is 2.18. The van der Waals surface area contributed by atoms with Gasteiger partial charge in [0.05, 0.1) is 0 Å². The van der Waals surface area contributed by atoms with E-state index < -0.39 is 0 Å². The van der Waals surface area contributed by atoms with Gasteiger partial charge in [0.15, 0.2) is 0 Å². The normalized spacial score (nSPS) is 12.2. The first-order chi connectivity index (χ1) is 8.71. The van der Waals surface area contributed by atoms with E-state index in [4.69, 9.17) is 11.6 Å². The highest BCUT2D eigenvalue weighted by Crippen LogP contribution is 2.26. The second-order valence-corrected chi connectivity index (χ2v) is 7.13. The molecule has 2 heteroatoms. The van der Waals surface area contributed by atoms with Gasteiger partial charge < -0.3 is 5.32 Å². The molecule has 0 aliphatic rings. The van der Waals surface area contributed by atoms with E-state index in [0.717, 1.165) is 18.0 Å². The Labute approximate surface area is 123 Å². The van der Waals surface area contributed by atoms with E-state index in [1.807, 2.05) is 0 Å². The van der Waals surface area contributed by atoms with Crippen molar-refractivity contribution in [1.29, 1.82) is 0 Å². The van der Waals surface area contributed by atoms with Crippen LogP contribution in [0, 0.1) is 19.3 Å². The molecule has 0 aliphatic carbocycles. The Balaban J connectivity index is 2.63. The first-order valence-electron chi connectivity index (χ1n) is 7.20. The lowest BCUT2D eigenvalue weighted by atomic mass is 9.85. The molecular formula is C17H28ClN. The largest absolute Gasteiger partial charge is 0.314 e. The number of nitrogens with one attached hydrogen (secondary N) is 1. The van der Waals surface area contributed by atoms with E-state index in [0.29, 0.717) is 11.5 Å². The maximum Gasteiger partial charge on any atom is 0.0438 e. The second kappa shape index (κ2) is 6.76. The average Bonchev–Trinajstić information content (AvgIpc) is 2.30. The fraction of sp³-hybridized carbons (Fsp3) is 0.647. The molecule has 0 amide bonds. The molecule has 0 heterocycles. The summed E-state index contributed by atoms with van der Waals surface area (Å²) >= 11 is 6.15. The third kappa shape index (κ3) is 5.54. The zero-order chi connectivity index (χ0) is 14.6. The Bertz CT molecular complexity index is 422. The molecule has 1 aromatic carbocycles. The van der Waals surface area contributed by atoms with Crippen molar-refractivity contribution in [3.8, 4) is 0 Å². The van der Waals surface area contributed by atoms with Crippen molar-refractivity contribution in [1.82, 2.24) is 5.32 Å². The summed E-state index contributed by atoms with van der Waals surface area (Å²) in [5.41, 5.74) is 4.24. The van der Waals surface area contributed by atoms with E-state index in [9.17, 15) is 0 Å². The number of rotatable bonds is 6.